The summed E-state index contributed by atoms with van der Waals surface area (Å²) in [6, 6.07) is 15.3. The molecule has 1 atom stereocenters. The van der Waals surface area contributed by atoms with E-state index in [1.54, 1.807) is 18.6 Å². The third kappa shape index (κ3) is 7.78. The molecule has 6 nitrogen and oxygen atoms in total. The minimum atomic E-state index is -0.436. The van der Waals surface area contributed by atoms with Gasteiger partial charge in [-0.3, -0.25) is 14.8 Å². The first-order valence-corrected chi connectivity index (χ1v) is 11.3. The maximum atomic E-state index is 13.0. The predicted molar refractivity (Wildman–Crippen MR) is 126 cm³/mol. The third-order valence-electron chi connectivity index (χ3n) is 5.19. The van der Waals surface area contributed by atoms with Crippen LogP contribution in [0.3, 0.4) is 0 Å². The van der Waals surface area contributed by atoms with Crippen molar-refractivity contribution in [1.29, 1.82) is 0 Å². The molecule has 3 aromatic rings. The molecule has 6 heteroatoms. The van der Waals surface area contributed by atoms with Crippen molar-refractivity contribution >= 4 is 5.91 Å². The normalized spacial score (nSPS) is 11.7. The number of nitrogens with zero attached hydrogens (tertiary/aromatic N) is 2. The van der Waals surface area contributed by atoms with E-state index in [4.69, 9.17) is 4.74 Å². The topological polar surface area (TPSA) is 76.1 Å². The Labute approximate surface area is 190 Å². The first kappa shape index (κ1) is 23.4. The van der Waals surface area contributed by atoms with Crippen molar-refractivity contribution in [2.24, 2.45) is 0 Å². The molecule has 2 heterocycles. The van der Waals surface area contributed by atoms with Crippen LogP contribution < -0.4 is 15.4 Å². The summed E-state index contributed by atoms with van der Waals surface area (Å²) >= 11 is 0. The highest BCUT2D eigenvalue weighted by molar-refractivity contribution is 5.83. The minimum absolute atomic E-state index is 0.0371. The summed E-state index contributed by atoms with van der Waals surface area (Å²) in [5.41, 5.74) is 3.20. The van der Waals surface area contributed by atoms with Gasteiger partial charge in [0.1, 0.15) is 11.8 Å². The van der Waals surface area contributed by atoms with Crippen molar-refractivity contribution < 1.29 is 9.53 Å². The molecule has 0 fully saturated rings. The highest BCUT2D eigenvalue weighted by Crippen LogP contribution is 2.19. The summed E-state index contributed by atoms with van der Waals surface area (Å²) in [5, 5.41) is 6.48. The van der Waals surface area contributed by atoms with Crippen molar-refractivity contribution in [3.05, 3.63) is 90.0 Å². The molecule has 0 saturated carbocycles. The van der Waals surface area contributed by atoms with Gasteiger partial charge in [-0.1, -0.05) is 31.5 Å². The molecule has 0 aliphatic carbocycles. The van der Waals surface area contributed by atoms with Crippen LogP contribution >= 0.6 is 0 Å². The van der Waals surface area contributed by atoms with Crippen LogP contribution in [0.2, 0.25) is 0 Å². The van der Waals surface area contributed by atoms with Crippen molar-refractivity contribution in [3.63, 3.8) is 0 Å². The fourth-order valence-electron chi connectivity index (χ4n) is 3.34. The SMILES string of the molecule is CCCCOc1ccc(C(NCCc2cccnc2)C(=O)NCCc2ccncc2)cc1. The summed E-state index contributed by atoms with van der Waals surface area (Å²) in [6.45, 7) is 4.09. The Balaban J connectivity index is 1.60. The van der Waals surface area contributed by atoms with E-state index in [0.29, 0.717) is 19.7 Å². The molecular formula is C26H32N4O2. The second-order valence-corrected chi connectivity index (χ2v) is 7.67. The van der Waals surface area contributed by atoms with Crippen molar-refractivity contribution in [2.75, 3.05) is 19.7 Å². The van der Waals surface area contributed by atoms with Gasteiger partial charge in [-0.15, -0.1) is 0 Å². The van der Waals surface area contributed by atoms with Gasteiger partial charge in [-0.25, -0.2) is 0 Å². The Bertz CT molecular complexity index is 918. The molecule has 0 radical (unpaired) electrons. The van der Waals surface area contributed by atoms with Gasteiger partial charge in [0.25, 0.3) is 0 Å². The molecule has 168 valence electrons. The number of amides is 1. The summed E-state index contributed by atoms with van der Waals surface area (Å²) in [6.07, 6.45) is 10.8. The molecule has 1 aromatic carbocycles. The van der Waals surface area contributed by atoms with Crippen molar-refractivity contribution in [2.45, 2.75) is 38.6 Å². The highest BCUT2D eigenvalue weighted by atomic mass is 16.5. The van der Waals surface area contributed by atoms with E-state index in [2.05, 4.69) is 27.5 Å². The molecule has 1 amide bonds. The number of nitrogens with one attached hydrogen (secondary N) is 2. The van der Waals surface area contributed by atoms with E-state index in [1.807, 2.05) is 54.7 Å². The van der Waals surface area contributed by atoms with Crippen molar-refractivity contribution in [1.82, 2.24) is 20.6 Å². The van der Waals surface area contributed by atoms with Gasteiger partial charge >= 0.3 is 0 Å². The molecule has 2 aromatic heterocycles. The van der Waals surface area contributed by atoms with Gasteiger partial charge in [0.05, 0.1) is 6.61 Å². The zero-order valence-corrected chi connectivity index (χ0v) is 18.7. The minimum Gasteiger partial charge on any atom is -0.494 e. The monoisotopic (exact) mass is 432 g/mol. The van der Waals surface area contributed by atoms with Gasteiger partial charge < -0.3 is 15.4 Å². The highest BCUT2D eigenvalue weighted by Gasteiger charge is 2.20. The number of rotatable bonds is 13. The van der Waals surface area contributed by atoms with Gasteiger partial charge in [0, 0.05) is 37.9 Å². The molecule has 0 bridgehead atoms. The second-order valence-electron chi connectivity index (χ2n) is 7.67. The Kier molecular flexibility index (Phi) is 9.68. The number of hydrogen-bond donors (Lipinski definition) is 2. The fourth-order valence-corrected chi connectivity index (χ4v) is 3.34. The molecule has 0 aliphatic rings. The van der Waals surface area contributed by atoms with Crippen LogP contribution in [0.15, 0.2) is 73.3 Å². The van der Waals surface area contributed by atoms with E-state index >= 15 is 0 Å². The molecule has 0 aliphatic heterocycles. The quantitative estimate of drug-likeness (QED) is 0.401. The van der Waals surface area contributed by atoms with Crippen LogP contribution in [0.1, 0.15) is 42.5 Å². The lowest BCUT2D eigenvalue weighted by atomic mass is 10.0. The first-order chi connectivity index (χ1) is 15.8. The molecule has 1 unspecified atom stereocenters. The Morgan fingerprint density at radius 1 is 0.938 bits per heavy atom. The van der Waals surface area contributed by atoms with E-state index in [9.17, 15) is 4.79 Å². The lowest BCUT2D eigenvalue weighted by molar-refractivity contribution is -0.123. The summed E-state index contributed by atoms with van der Waals surface area (Å²) in [7, 11) is 0. The zero-order chi connectivity index (χ0) is 22.4. The van der Waals surface area contributed by atoms with E-state index in [-0.39, 0.29) is 5.91 Å². The molecule has 0 saturated heterocycles. The van der Waals surface area contributed by atoms with Gasteiger partial charge in [-0.05, 0) is 66.3 Å². The lowest BCUT2D eigenvalue weighted by Gasteiger charge is -2.19. The average Bonchev–Trinajstić information content (AvgIpc) is 2.84. The number of unbranched alkanes of at least 4 members (excludes halogenated alkanes) is 1. The molecular weight excluding hydrogens is 400 g/mol. The molecule has 3 rings (SSSR count). The zero-order valence-electron chi connectivity index (χ0n) is 18.7. The number of ether oxygens (including phenoxy) is 1. The van der Waals surface area contributed by atoms with Crippen LogP contribution in [-0.4, -0.2) is 35.6 Å². The number of pyridine rings is 2. The second kappa shape index (κ2) is 13.2. The van der Waals surface area contributed by atoms with E-state index < -0.39 is 6.04 Å². The number of carbonyl (C=O) groups is 1. The van der Waals surface area contributed by atoms with Crippen LogP contribution in [0, 0.1) is 0 Å². The number of aromatic nitrogens is 2. The fraction of sp³-hybridized carbons (Fsp3) is 0.346. The summed E-state index contributed by atoms with van der Waals surface area (Å²) in [4.78, 5) is 21.2. The van der Waals surface area contributed by atoms with E-state index in [0.717, 1.165) is 48.1 Å². The van der Waals surface area contributed by atoms with E-state index in [1.165, 1.54) is 0 Å². The number of carbonyl (C=O) groups excluding carboxylic acids is 1. The summed E-state index contributed by atoms with van der Waals surface area (Å²) < 4.78 is 5.76. The first-order valence-electron chi connectivity index (χ1n) is 11.3. The third-order valence-corrected chi connectivity index (χ3v) is 5.19. The molecule has 2 N–H and O–H groups in total. The summed E-state index contributed by atoms with van der Waals surface area (Å²) in [5.74, 6) is 0.791. The van der Waals surface area contributed by atoms with Gasteiger partial charge in [0.2, 0.25) is 5.91 Å². The predicted octanol–water partition coefficient (Wildman–Crippen LogP) is 3.89. The van der Waals surface area contributed by atoms with Crippen molar-refractivity contribution in [3.8, 4) is 5.75 Å². The van der Waals surface area contributed by atoms with Gasteiger partial charge in [0.15, 0.2) is 0 Å². The smallest absolute Gasteiger partial charge is 0.241 e. The Hall–Kier alpha value is -3.25. The average molecular weight is 433 g/mol. The van der Waals surface area contributed by atoms with Crippen LogP contribution in [0.5, 0.6) is 5.75 Å². The largest absolute Gasteiger partial charge is 0.494 e. The Morgan fingerprint density at radius 2 is 1.72 bits per heavy atom. The molecule has 0 spiro atoms. The molecule has 32 heavy (non-hydrogen) atoms. The Morgan fingerprint density at radius 3 is 2.44 bits per heavy atom. The maximum absolute atomic E-state index is 13.0. The lowest BCUT2D eigenvalue weighted by Crippen LogP contribution is -2.39. The van der Waals surface area contributed by atoms with Crippen LogP contribution in [0.4, 0.5) is 0 Å². The number of benzene rings is 1. The standard InChI is InChI=1S/C26H32N4O2/c1-2-3-19-32-24-8-6-23(7-9-24)25(29-17-13-22-5-4-14-28-20-22)26(31)30-18-12-21-10-15-27-16-11-21/h4-11,14-16,20,25,29H,2-3,12-13,17-19H2,1H3,(H,30,31). The maximum Gasteiger partial charge on any atom is 0.241 e. The van der Waals surface area contributed by atoms with Gasteiger partial charge in [-0.2, -0.15) is 0 Å². The number of hydrogen-bond acceptors (Lipinski definition) is 5. The van der Waals surface area contributed by atoms with Crippen LogP contribution in [0.25, 0.3) is 0 Å². The van der Waals surface area contributed by atoms with Crippen LogP contribution in [-0.2, 0) is 17.6 Å².